The first kappa shape index (κ1) is 14.3. The molecular formula is C21H14O3. The lowest BCUT2D eigenvalue weighted by molar-refractivity contribution is -0.110. The summed E-state index contributed by atoms with van der Waals surface area (Å²) in [6, 6.07) is 19.3. The van der Waals surface area contributed by atoms with E-state index >= 15 is 0 Å². The molecule has 0 aliphatic heterocycles. The topological polar surface area (TPSA) is 43.4 Å². The number of hydrogen-bond acceptors (Lipinski definition) is 3. The summed E-state index contributed by atoms with van der Waals surface area (Å²) in [5, 5.41) is 2.03. The van der Waals surface area contributed by atoms with E-state index in [0.717, 1.165) is 21.9 Å². The maximum absolute atomic E-state index is 12.0. The van der Waals surface area contributed by atoms with Gasteiger partial charge in [0.25, 0.3) is 0 Å². The van der Waals surface area contributed by atoms with Crippen LogP contribution in [0.1, 0.15) is 11.5 Å². The standard InChI is InChI=1S/C21H14O3/c22-17(9-11-18-13-15-5-1-3-7-20(15)23-18)10-12-19-14-16-6-2-4-8-21(16)24-19/h1-14H. The molecule has 0 bridgehead atoms. The molecule has 3 heteroatoms. The number of ketones is 1. The quantitative estimate of drug-likeness (QED) is 0.469. The number of hydrogen-bond donors (Lipinski definition) is 0. The Labute approximate surface area is 138 Å². The number of carbonyl (C=O) groups excluding carboxylic acids is 1. The van der Waals surface area contributed by atoms with Crippen LogP contribution in [0.3, 0.4) is 0 Å². The number of benzene rings is 2. The summed E-state index contributed by atoms with van der Waals surface area (Å²) >= 11 is 0. The van der Waals surface area contributed by atoms with E-state index in [1.165, 1.54) is 12.2 Å². The van der Waals surface area contributed by atoms with Crippen molar-refractivity contribution >= 4 is 39.9 Å². The lowest BCUT2D eigenvalue weighted by Crippen LogP contribution is -1.83. The Bertz CT molecular complexity index is 925. The molecule has 2 heterocycles. The van der Waals surface area contributed by atoms with Crippen molar-refractivity contribution in [1.82, 2.24) is 0 Å². The minimum absolute atomic E-state index is 0.129. The van der Waals surface area contributed by atoms with Crippen LogP contribution in [0.4, 0.5) is 0 Å². The SMILES string of the molecule is O=C(C=Cc1cc2ccccc2o1)C=Cc1cc2ccccc2o1. The molecular weight excluding hydrogens is 300 g/mol. The Kier molecular flexibility index (Phi) is 3.60. The number of carbonyl (C=O) groups is 1. The Morgan fingerprint density at radius 3 is 1.62 bits per heavy atom. The fourth-order valence-corrected chi connectivity index (χ4v) is 2.55. The molecule has 0 saturated heterocycles. The molecule has 0 aliphatic rings. The van der Waals surface area contributed by atoms with E-state index in [1.807, 2.05) is 60.7 Å². The molecule has 0 aliphatic carbocycles. The van der Waals surface area contributed by atoms with Gasteiger partial charge in [-0.15, -0.1) is 0 Å². The molecule has 116 valence electrons. The van der Waals surface area contributed by atoms with Gasteiger partial charge in [0.05, 0.1) is 0 Å². The van der Waals surface area contributed by atoms with Gasteiger partial charge in [-0.1, -0.05) is 36.4 Å². The van der Waals surface area contributed by atoms with E-state index in [4.69, 9.17) is 8.83 Å². The smallest absolute Gasteiger partial charge is 0.178 e. The molecule has 0 amide bonds. The van der Waals surface area contributed by atoms with Gasteiger partial charge in [-0.3, -0.25) is 4.79 Å². The van der Waals surface area contributed by atoms with Crippen LogP contribution in [0, 0.1) is 0 Å². The lowest BCUT2D eigenvalue weighted by Gasteiger charge is -1.85. The van der Waals surface area contributed by atoms with Crippen LogP contribution in [0.2, 0.25) is 0 Å². The number of fused-ring (bicyclic) bond motifs is 2. The number of para-hydroxylation sites is 2. The first-order valence-electron chi connectivity index (χ1n) is 7.65. The third kappa shape index (κ3) is 2.92. The molecule has 0 saturated carbocycles. The minimum atomic E-state index is -0.129. The van der Waals surface area contributed by atoms with Crippen LogP contribution in [0.5, 0.6) is 0 Å². The monoisotopic (exact) mass is 314 g/mol. The van der Waals surface area contributed by atoms with Gasteiger partial charge in [0.1, 0.15) is 22.7 Å². The molecule has 2 aromatic heterocycles. The van der Waals surface area contributed by atoms with Crippen molar-refractivity contribution in [2.75, 3.05) is 0 Å². The molecule has 0 spiro atoms. The summed E-state index contributed by atoms with van der Waals surface area (Å²) in [6.07, 6.45) is 6.31. The summed E-state index contributed by atoms with van der Waals surface area (Å²) in [4.78, 5) is 12.0. The average Bonchev–Trinajstić information content (AvgIpc) is 3.21. The Balaban J connectivity index is 1.49. The van der Waals surface area contributed by atoms with Crippen LogP contribution in [-0.2, 0) is 4.79 Å². The molecule has 0 unspecified atom stereocenters. The highest BCUT2D eigenvalue weighted by Gasteiger charge is 2.01. The summed E-state index contributed by atoms with van der Waals surface area (Å²) in [7, 11) is 0. The minimum Gasteiger partial charge on any atom is -0.457 e. The van der Waals surface area contributed by atoms with E-state index in [9.17, 15) is 4.79 Å². The Morgan fingerprint density at radius 1 is 0.708 bits per heavy atom. The van der Waals surface area contributed by atoms with Crippen LogP contribution >= 0.6 is 0 Å². The molecule has 2 aromatic carbocycles. The Hall–Kier alpha value is -3.33. The third-order valence-electron chi connectivity index (χ3n) is 3.71. The second kappa shape index (κ2) is 6.05. The number of furan rings is 2. The maximum Gasteiger partial charge on any atom is 0.178 e. The fourth-order valence-electron chi connectivity index (χ4n) is 2.55. The van der Waals surface area contributed by atoms with Crippen molar-refractivity contribution in [2.24, 2.45) is 0 Å². The molecule has 4 rings (SSSR count). The maximum atomic E-state index is 12.0. The predicted octanol–water partition coefficient (Wildman–Crippen LogP) is 5.47. The second-order valence-electron chi connectivity index (χ2n) is 5.44. The third-order valence-corrected chi connectivity index (χ3v) is 3.71. The summed E-state index contributed by atoms with van der Waals surface area (Å²) in [6.45, 7) is 0. The van der Waals surface area contributed by atoms with Crippen molar-refractivity contribution in [3.8, 4) is 0 Å². The van der Waals surface area contributed by atoms with Gasteiger partial charge in [-0.25, -0.2) is 0 Å². The van der Waals surface area contributed by atoms with Crippen molar-refractivity contribution in [3.05, 3.63) is 84.3 Å². The Morgan fingerprint density at radius 2 is 1.17 bits per heavy atom. The van der Waals surface area contributed by atoms with E-state index in [0.29, 0.717) is 11.5 Å². The van der Waals surface area contributed by atoms with Gasteiger partial charge in [-0.05, 0) is 48.6 Å². The molecule has 3 nitrogen and oxygen atoms in total. The number of rotatable bonds is 4. The average molecular weight is 314 g/mol. The molecule has 24 heavy (non-hydrogen) atoms. The fraction of sp³-hybridized carbons (Fsp3) is 0. The zero-order valence-electron chi connectivity index (χ0n) is 12.8. The van der Waals surface area contributed by atoms with E-state index in [-0.39, 0.29) is 5.78 Å². The van der Waals surface area contributed by atoms with Crippen molar-refractivity contribution in [1.29, 1.82) is 0 Å². The summed E-state index contributed by atoms with van der Waals surface area (Å²) < 4.78 is 11.3. The molecule has 0 radical (unpaired) electrons. The highest BCUT2D eigenvalue weighted by Crippen LogP contribution is 2.21. The van der Waals surface area contributed by atoms with Crippen LogP contribution in [0.15, 0.2) is 81.7 Å². The van der Waals surface area contributed by atoms with Gasteiger partial charge in [0.2, 0.25) is 0 Å². The van der Waals surface area contributed by atoms with E-state index in [1.54, 1.807) is 12.2 Å². The summed E-state index contributed by atoms with van der Waals surface area (Å²) in [5.74, 6) is 1.18. The number of allylic oxidation sites excluding steroid dienone is 2. The van der Waals surface area contributed by atoms with Crippen molar-refractivity contribution in [2.45, 2.75) is 0 Å². The lowest BCUT2D eigenvalue weighted by atomic mass is 10.2. The first-order valence-corrected chi connectivity index (χ1v) is 7.65. The van der Waals surface area contributed by atoms with Gasteiger partial charge < -0.3 is 8.83 Å². The van der Waals surface area contributed by atoms with E-state index < -0.39 is 0 Å². The van der Waals surface area contributed by atoms with Crippen molar-refractivity contribution in [3.63, 3.8) is 0 Å². The molecule has 0 atom stereocenters. The van der Waals surface area contributed by atoms with Crippen LogP contribution in [0.25, 0.3) is 34.1 Å². The molecule has 0 fully saturated rings. The summed E-state index contributed by atoms with van der Waals surface area (Å²) in [5.41, 5.74) is 1.62. The second-order valence-corrected chi connectivity index (χ2v) is 5.44. The predicted molar refractivity (Wildman–Crippen MR) is 95.5 cm³/mol. The zero-order chi connectivity index (χ0) is 16.4. The van der Waals surface area contributed by atoms with Crippen LogP contribution < -0.4 is 0 Å². The highest BCUT2D eigenvalue weighted by atomic mass is 16.3. The van der Waals surface area contributed by atoms with Gasteiger partial charge in [0.15, 0.2) is 5.78 Å². The van der Waals surface area contributed by atoms with Crippen LogP contribution in [-0.4, -0.2) is 5.78 Å². The van der Waals surface area contributed by atoms with E-state index in [2.05, 4.69) is 0 Å². The van der Waals surface area contributed by atoms with Crippen molar-refractivity contribution < 1.29 is 13.6 Å². The normalized spacial score (nSPS) is 12.0. The van der Waals surface area contributed by atoms with Gasteiger partial charge >= 0.3 is 0 Å². The zero-order valence-corrected chi connectivity index (χ0v) is 12.8. The first-order chi connectivity index (χ1) is 11.8. The highest BCUT2D eigenvalue weighted by molar-refractivity contribution is 6.04. The molecule has 0 N–H and O–H groups in total. The largest absolute Gasteiger partial charge is 0.457 e. The van der Waals surface area contributed by atoms with Gasteiger partial charge in [-0.2, -0.15) is 0 Å². The van der Waals surface area contributed by atoms with Gasteiger partial charge in [0, 0.05) is 10.8 Å². The molecule has 4 aromatic rings.